The quantitative estimate of drug-likeness (QED) is 0.0199. The Balaban J connectivity index is 4.67. The second-order valence-electron chi connectivity index (χ2n) is 16.1. The van der Waals surface area contributed by atoms with Crippen LogP contribution in [0.5, 0.6) is 0 Å². The number of allylic oxidation sites excluding steroid dienone is 24. The Kier molecular flexibility index (Phi) is 48.2. The molecular formula is C59H90O6. The average Bonchev–Trinajstić information content (AvgIpc) is 3.30. The molecule has 0 bridgehead atoms. The van der Waals surface area contributed by atoms with E-state index in [0.29, 0.717) is 19.3 Å². The number of hydrogen-bond acceptors (Lipinski definition) is 6. The number of esters is 3. The van der Waals surface area contributed by atoms with E-state index in [4.69, 9.17) is 14.2 Å². The monoisotopic (exact) mass is 895 g/mol. The van der Waals surface area contributed by atoms with Crippen molar-refractivity contribution in [2.75, 3.05) is 13.2 Å². The molecule has 0 aromatic carbocycles. The summed E-state index contributed by atoms with van der Waals surface area (Å²) in [4.78, 5) is 37.9. The first-order chi connectivity index (χ1) is 32.0. The van der Waals surface area contributed by atoms with E-state index >= 15 is 0 Å². The van der Waals surface area contributed by atoms with Crippen LogP contribution in [0, 0.1) is 0 Å². The fraction of sp³-hybridized carbons (Fsp3) is 0.542. The van der Waals surface area contributed by atoms with Gasteiger partial charge < -0.3 is 14.2 Å². The summed E-state index contributed by atoms with van der Waals surface area (Å²) >= 11 is 0. The number of rotatable bonds is 43. The molecule has 0 aromatic rings. The molecular weight excluding hydrogens is 805 g/mol. The largest absolute Gasteiger partial charge is 0.462 e. The number of carbonyl (C=O) groups is 3. The molecule has 6 heteroatoms. The number of hydrogen-bond donors (Lipinski definition) is 0. The molecule has 0 amide bonds. The fourth-order valence-electron chi connectivity index (χ4n) is 6.16. The standard InChI is InChI=1S/C59H90O6/c1-4-7-10-13-16-19-22-25-27-29-31-34-37-40-43-46-49-52-58(61)64-55-56(54-63-57(60)51-48-45-42-39-36-33-24-21-18-15-12-9-6-3)65-59(62)53-50-47-44-41-38-35-32-30-28-26-23-20-17-14-11-8-5-2/h7,10,13,16-17,19-20,22,25-29,31-37,41-42,44-45,56H,4-6,8-9,11-12,14-15,18,21,23-24,30,38-40,43,46-55H2,1-3H3/b10-7-,16-13-,20-17-,22-19-,27-25-,28-26-,31-29+,35-32-,36-33-,37-34-,44-41-,45-42-. The predicted molar refractivity (Wildman–Crippen MR) is 279 cm³/mol. The summed E-state index contributed by atoms with van der Waals surface area (Å²) in [6, 6.07) is 0. The molecule has 0 aliphatic rings. The second-order valence-corrected chi connectivity index (χ2v) is 16.1. The molecule has 65 heavy (non-hydrogen) atoms. The van der Waals surface area contributed by atoms with Crippen LogP contribution in [-0.2, 0) is 28.6 Å². The smallest absolute Gasteiger partial charge is 0.306 e. The highest BCUT2D eigenvalue weighted by molar-refractivity contribution is 5.71. The number of unbranched alkanes of at least 4 members (excludes halogenated alkanes) is 13. The van der Waals surface area contributed by atoms with Crippen molar-refractivity contribution in [2.45, 2.75) is 194 Å². The molecule has 0 heterocycles. The minimum atomic E-state index is -0.854. The van der Waals surface area contributed by atoms with Gasteiger partial charge in [0.15, 0.2) is 6.10 Å². The topological polar surface area (TPSA) is 78.9 Å². The maximum Gasteiger partial charge on any atom is 0.306 e. The highest BCUT2D eigenvalue weighted by Gasteiger charge is 2.19. The van der Waals surface area contributed by atoms with Crippen LogP contribution in [0.25, 0.3) is 0 Å². The lowest BCUT2D eigenvalue weighted by atomic mass is 10.1. The molecule has 362 valence electrons. The number of ether oxygens (including phenoxy) is 3. The maximum atomic E-state index is 12.8. The van der Waals surface area contributed by atoms with Crippen LogP contribution in [0.4, 0.5) is 0 Å². The molecule has 1 unspecified atom stereocenters. The van der Waals surface area contributed by atoms with Crippen LogP contribution in [0.1, 0.15) is 188 Å². The molecule has 0 aliphatic heterocycles. The molecule has 0 spiro atoms. The molecule has 0 radical (unpaired) electrons. The van der Waals surface area contributed by atoms with Gasteiger partial charge in [0.05, 0.1) is 0 Å². The molecule has 0 N–H and O–H groups in total. The van der Waals surface area contributed by atoms with E-state index in [-0.39, 0.29) is 44.4 Å². The highest BCUT2D eigenvalue weighted by atomic mass is 16.6. The Hall–Kier alpha value is -4.71. The van der Waals surface area contributed by atoms with Crippen LogP contribution >= 0.6 is 0 Å². The zero-order chi connectivity index (χ0) is 47.2. The summed E-state index contributed by atoms with van der Waals surface area (Å²) in [7, 11) is 0. The van der Waals surface area contributed by atoms with Crippen molar-refractivity contribution in [1.29, 1.82) is 0 Å². The zero-order valence-electron chi connectivity index (χ0n) is 41.2. The van der Waals surface area contributed by atoms with Gasteiger partial charge in [-0.15, -0.1) is 0 Å². The first kappa shape index (κ1) is 60.3. The number of carbonyl (C=O) groups excluding carboxylic acids is 3. The molecule has 0 aromatic heterocycles. The summed E-state index contributed by atoms with van der Waals surface area (Å²) in [6.45, 7) is 6.29. The van der Waals surface area contributed by atoms with Crippen LogP contribution in [0.2, 0.25) is 0 Å². The van der Waals surface area contributed by atoms with Gasteiger partial charge in [0.1, 0.15) is 13.2 Å². The van der Waals surface area contributed by atoms with E-state index in [1.807, 2.05) is 66.8 Å². The van der Waals surface area contributed by atoms with Gasteiger partial charge in [-0.1, -0.05) is 218 Å². The van der Waals surface area contributed by atoms with E-state index in [9.17, 15) is 14.4 Å². The highest BCUT2D eigenvalue weighted by Crippen LogP contribution is 2.10. The van der Waals surface area contributed by atoms with Gasteiger partial charge in [0, 0.05) is 19.3 Å². The van der Waals surface area contributed by atoms with E-state index in [2.05, 4.69) is 99.8 Å². The van der Waals surface area contributed by atoms with E-state index in [0.717, 1.165) is 64.2 Å². The summed E-state index contributed by atoms with van der Waals surface area (Å²) in [5, 5.41) is 0. The normalized spacial score (nSPS) is 13.3. The van der Waals surface area contributed by atoms with Crippen LogP contribution < -0.4 is 0 Å². The zero-order valence-corrected chi connectivity index (χ0v) is 41.2. The van der Waals surface area contributed by atoms with Gasteiger partial charge in [0.2, 0.25) is 0 Å². The lowest BCUT2D eigenvalue weighted by molar-refractivity contribution is -0.166. The van der Waals surface area contributed by atoms with Gasteiger partial charge in [0.25, 0.3) is 0 Å². The molecule has 0 rings (SSSR count). The Bertz CT molecular complexity index is 1490. The van der Waals surface area contributed by atoms with E-state index in [1.165, 1.54) is 64.2 Å². The van der Waals surface area contributed by atoms with Crippen molar-refractivity contribution in [3.05, 3.63) is 146 Å². The second kappa shape index (κ2) is 51.9. The average molecular weight is 895 g/mol. The van der Waals surface area contributed by atoms with Crippen molar-refractivity contribution in [3.63, 3.8) is 0 Å². The summed E-state index contributed by atoms with van der Waals surface area (Å²) in [5.41, 5.74) is 0. The summed E-state index contributed by atoms with van der Waals surface area (Å²) < 4.78 is 16.6. The first-order valence-corrected chi connectivity index (χ1v) is 25.4. The van der Waals surface area contributed by atoms with Crippen LogP contribution in [0.15, 0.2) is 146 Å². The Morgan fingerprint density at radius 3 is 1.25 bits per heavy atom. The SMILES string of the molecule is CC\C=C/C=C\C=C/C=C\C=C\C=C/CCCCCC(=O)OCC(COC(=O)CC/C=C\C/C=C\CCCCCCCC)OC(=O)CCC/C=C\C/C=C\C/C=C\C/C=C\CCCCC. The van der Waals surface area contributed by atoms with Crippen molar-refractivity contribution < 1.29 is 28.6 Å². The first-order valence-electron chi connectivity index (χ1n) is 25.4. The maximum absolute atomic E-state index is 12.8. The minimum Gasteiger partial charge on any atom is -0.462 e. The summed E-state index contributed by atoms with van der Waals surface area (Å²) in [5.74, 6) is -1.13. The minimum absolute atomic E-state index is 0.147. The third-order valence-corrected chi connectivity index (χ3v) is 9.97. The van der Waals surface area contributed by atoms with Crippen LogP contribution in [-0.4, -0.2) is 37.2 Å². The van der Waals surface area contributed by atoms with Gasteiger partial charge >= 0.3 is 17.9 Å². The van der Waals surface area contributed by atoms with E-state index < -0.39 is 12.1 Å². The predicted octanol–water partition coefficient (Wildman–Crippen LogP) is 16.9. The molecule has 0 saturated carbocycles. The van der Waals surface area contributed by atoms with Gasteiger partial charge in [-0.05, 0) is 96.3 Å². The Morgan fingerprint density at radius 2 is 0.708 bits per heavy atom. The summed E-state index contributed by atoms with van der Waals surface area (Å²) in [6.07, 6.45) is 74.1. The van der Waals surface area contributed by atoms with Crippen LogP contribution in [0.3, 0.4) is 0 Å². The van der Waals surface area contributed by atoms with Gasteiger partial charge in [-0.25, -0.2) is 0 Å². The van der Waals surface area contributed by atoms with Crippen molar-refractivity contribution in [1.82, 2.24) is 0 Å². The van der Waals surface area contributed by atoms with Gasteiger partial charge in [-0.3, -0.25) is 14.4 Å². The lowest BCUT2D eigenvalue weighted by Crippen LogP contribution is -2.30. The van der Waals surface area contributed by atoms with Crippen molar-refractivity contribution in [3.8, 4) is 0 Å². The molecule has 0 saturated heterocycles. The third kappa shape index (κ3) is 50.2. The Morgan fingerprint density at radius 1 is 0.338 bits per heavy atom. The molecule has 0 aliphatic carbocycles. The Labute approximate surface area is 397 Å². The molecule has 6 nitrogen and oxygen atoms in total. The third-order valence-electron chi connectivity index (χ3n) is 9.97. The molecule has 0 fully saturated rings. The lowest BCUT2D eigenvalue weighted by Gasteiger charge is -2.18. The van der Waals surface area contributed by atoms with E-state index in [1.54, 1.807) is 0 Å². The van der Waals surface area contributed by atoms with Gasteiger partial charge in [-0.2, -0.15) is 0 Å². The van der Waals surface area contributed by atoms with Crippen molar-refractivity contribution >= 4 is 17.9 Å². The van der Waals surface area contributed by atoms with Crippen molar-refractivity contribution in [2.24, 2.45) is 0 Å². The fourth-order valence-corrected chi connectivity index (χ4v) is 6.16. The molecule has 1 atom stereocenters.